The molecule has 7 nitrogen and oxygen atoms in total. The van der Waals surface area contributed by atoms with Crippen LogP contribution in [0.3, 0.4) is 0 Å². The van der Waals surface area contributed by atoms with Crippen molar-refractivity contribution >= 4 is 28.3 Å². The maximum atomic E-state index is 12.1. The minimum atomic E-state index is -0.486. The van der Waals surface area contributed by atoms with Gasteiger partial charge in [0.2, 0.25) is 5.91 Å². The Morgan fingerprint density at radius 1 is 1.03 bits per heavy atom. The van der Waals surface area contributed by atoms with E-state index >= 15 is 0 Å². The van der Waals surface area contributed by atoms with Crippen LogP contribution in [-0.4, -0.2) is 47.9 Å². The monoisotopic (exact) mass is 460 g/mol. The molecule has 2 aliphatic rings. The van der Waals surface area contributed by atoms with Gasteiger partial charge in [-0.25, -0.2) is 4.98 Å². The minimum absolute atomic E-state index is 0.0637. The van der Waals surface area contributed by atoms with Crippen molar-refractivity contribution in [2.45, 2.75) is 6.92 Å². The van der Waals surface area contributed by atoms with E-state index in [-0.39, 0.29) is 11.3 Å². The van der Waals surface area contributed by atoms with Crippen LogP contribution in [0.1, 0.15) is 16.6 Å². The topological polar surface area (TPSA) is 88.8 Å². The molecule has 2 fully saturated rings. The second-order valence-electron chi connectivity index (χ2n) is 8.53. The first kappa shape index (κ1) is 21.2. The molecule has 0 atom stereocenters. The molecule has 8 heteroatoms. The molecule has 2 amide bonds. The molecule has 0 unspecified atom stereocenters. The van der Waals surface area contributed by atoms with Gasteiger partial charge in [-0.1, -0.05) is 35.6 Å². The zero-order valence-electron chi connectivity index (χ0n) is 18.2. The third kappa shape index (κ3) is 4.09. The molecule has 2 N–H and O–H groups in total. The van der Waals surface area contributed by atoms with Gasteiger partial charge in [0.15, 0.2) is 5.13 Å². The van der Waals surface area contributed by atoms with Gasteiger partial charge in [-0.05, 0) is 49.4 Å². The Kier molecular flexibility index (Phi) is 5.38. The summed E-state index contributed by atoms with van der Waals surface area (Å²) in [4.78, 5) is 33.3. The molecule has 2 aromatic carbocycles. The second kappa shape index (κ2) is 8.37. The number of hydrogen-bond donors (Lipinski definition) is 1. The standard InChI is InChI=1S/C25H24N4O3S/c1-2-6-20(30)28-13-25(14-28)15-29(16-25)24-27-21(22(33-24)23(26)31)17-9-11-19(12-10-17)32-18-7-4-3-5-8-18/h2-12H,13-16H2,1H3,(H2,26,31). The molecule has 0 bridgehead atoms. The van der Waals surface area contributed by atoms with Crippen LogP contribution in [-0.2, 0) is 4.79 Å². The molecule has 0 radical (unpaired) electrons. The molecule has 0 aliphatic carbocycles. The smallest absolute Gasteiger partial charge is 0.261 e. The van der Waals surface area contributed by atoms with Crippen molar-refractivity contribution in [1.29, 1.82) is 0 Å². The lowest BCUT2D eigenvalue weighted by Crippen LogP contribution is -2.73. The maximum Gasteiger partial charge on any atom is 0.261 e. The lowest BCUT2D eigenvalue weighted by molar-refractivity contribution is -0.139. The molecule has 3 aromatic rings. The fourth-order valence-electron chi connectivity index (χ4n) is 4.38. The van der Waals surface area contributed by atoms with Crippen LogP contribution in [0.25, 0.3) is 11.3 Å². The van der Waals surface area contributed by atoms with Crippen LogP contribution in [0, 0.1) is 5.41 Å². The molecule has 3 heterocycles. The summed E-state index contributed by atoms with van der Waals surface area (Å²) < 4.78 is 5.85. The minimum Gasteiger partial charge on any atom is -0.457 e. The number of nitrogens with zero attached hydrogens (tertiary/aromatic N) is 3. The van der Waals surface area contributed by atoms with Crippen LogP contribution in [0.2, 0.25) is 0 Å². The highest BCUT2D eigenvalue weighted by atomic mass is 32.1. The van der Waals surface area contributed by atoms with Crippen molar-refractivity contribution in [3.63, 3.8) is 0 Å². The van der Waals surface area contributed by atoms with Gasteiger partial charge in [0, 0.05) is 37.2 Å². The first-order valence-corrected chi connectivity index (χ1v) is 11.6. The third-order valence-corrected chi connectivity index (χ3v) is 7.07. The summed E-state index contributed by atoms with van der Waals surface area (Å²) in [7, 11) is 0. The molecule has 1 spiro atoms. The van der Waals surface area contributed by atoms with Crippen LogP contribution >= 0.6 is 11.3 Å². The zero-order chi connectivity index (χ0) is 23.0. The van der Waals surface area contributed by atoms with E-state index in [1.807, 2.05) is 66.4 Å². The number of primary amides is 1. The Balaban J connectivity index is 1.29. The van der Waals surface area contributed by atoms with E-state index in [1.165, 1.54) is 11.3 Å². The van der Waals surface area contributed by atoms with Gasteiger partial charge in [0.25, 0.3) is 5.91 Å². The average molecular weight is 461 g/mol. The number of benzene rings is 2. The number of likely N-dealkylation sites (tertiary alicyclic amines) is 1. The number of hydrogen-bond acceptors (Lipinski definition) is 6. The predicted molar refractivity (Wildman–Crippen MR) is 129 cm³/mol. The second-order valence-corrected chi connectivity index (χ2v) is 9.51. The summed E-state index contributed by atoms with van der Waals surface area (Å²) in [5.74, 6) is 1.04. The highest BCUT2D eigenvalue weighted by molar-refractivity contribution is 7.18. The van der Waals surface area contributed by atoms with E-state index in [2.05, 4.69) is 4.90 Å². The number of aromatic nitrogens is 1. The van der Waals surface area contributed by atoms with Gasteiger partial charge in [-0.15, -0.1) is 0 Å². The molecule has 0 saturated carbocycles. The summed E-state index contributed by atoms with van der Waals surface area (Å²) in [6, 6.07) is 17.0. The highest BCUT2D eigenvalue weighted by Crippen LogP contribution is 2.44. The van der Waals surface area contributed by atoms with E-state index in [0.717, 1.165) is 42.6 Å². The number of allylic oxidation sites excluding steroid dienone is 1. The van der Waals surface area contributed by atoms with Crippen molar-refractivity contribution in [2.75, 3.05) is 31.1 Å². The van der Waals surface area contributed by atoms with E-state index in [0.29, 0.717) is 16.3 Å². The van der Waals surface area contributed by atoms with Crippen molar-refractivity contribution < 1.29 is 14.3 Å². The molecule has 1 aromatic heterocycles. The van der Waals surface area contributed by atoms with E-state index < -0.39 is 5.91 Å². The van der Waals surface area contributed by atoms with Crippen molar-refractivity contribution in [3.05, 3.63) is 71.6 Å². The quantitative estimate of drug-likeness (QED) is 0.563. The normalized spacial score (nSPS) is 16.5. The lowest BCUT2D eigenvalue weighted by atomic mass is 9.73. The number of amides is 2. The number of nitrogens with two attached hydrogens (primary N) is 1. The van der Waals surface area contributed by atoms with Crippen molar-refractivity contribution in [1.82, 2.24) is 9.88 Å². The Morgan fingerprint density at radius 2 is 1.70 bits per heavy atom. The van der Waals surface area contributed by atoms with Crippen LogP contribution in [0.4, 0.5) is 5.13 Å². The Morgan fingerprint density at radius 3 is 2.33 bits per heavy atom. The number of anilines is 1. The lowest BCUT2D eigenvalue weighted by Gasteiger charge is -2.60. The third-order valence-electron chi connectivity index (χ3n) is 5.94. The van der Waals surface area contributed by atoms with Gasteiger partial charge in [0.05, 0.1) is 5.69 Å². The summed E-state index contributed by atoms with van der Waals surface area (Å²) in [5, 5.41) is 0.785. The predicted octanol–water partition coefficient (Wildman–Crippen LogP) is 3.93. The van der Waals surface area contributed by atoms with Crippen LogP contribution in [0.5, 0.6) is 11.5 Å². The molecule has 5 rings (SSSR count). The maximum absolute atomic E-state index is 12.1. The largest absolute Gasteiger partial charge is 0.457 e. The van der Waals surface area contributed by atoms with Gasteiger partial charge >= 0.3 is 0 Å². The fraction of sp³-hybridized carbons (Fsp3) is 0.240. The van der Waals surface area contributed by atoms with E-state index in [9.17, 15) is 9.59 Å². The number of para-hydroxylation sites is 1. The summed E-state index contributed by atoms with van der Waals surface area (Å²) >= 11 is 1.32. The molecule has 2 aliphatic heterocycles. The summed E-state index contributed by atoms with van der Waals surface area (Å²) in [5.41, 5.74) is 7.20. The Hall–Kier alpha value is -3.65. The first-order chi connectivity index (χ1) is 16.0. The number of thiazole rings is 1. The molecule has 33 heavy (non-hydrogen) atoms. The molecule has 2 saturated heterocycles. The average Bonchev–Trinajstić information content (AvgIpc) is 3.19. The van der Waals surface area contributed by atoms with Gasteiger partial charge < -0.3 is 20.3 Å². The highest BCUT2D eigenvalue weighted by Gasteiger charge is 2.53. The summed E-state index contributed by atoms with van der Waals surface area (Å²) in [6.45, 7) is 5.01. The number of carbonyl (C=O) groups is 2. The van der Waals surface area contributed by atoms with Crippen molar-refractivity contribution in [2.24, 2.45) is 11.1 Å². The molecule has 168 valence electrons. The Labute approximate surface area is 196 Å². The molecular weight excluding hydrogens is 436 g/mol. The number of rotatable bonds is 6. The Bertz CT molecular complexity index is 1210. The number of carbonyl (C=O) groups excluding carboxylic acids is 2. The zero-order valence-corrected chi connectivity index (χ0v) is 19.0. The number of ether oxygens (including phenoxy) is 1. The SMILES string of the molecule is CC=CC(=O)N1CC2(C1)CN(c1nc(-c3ccc(Oc4ccccc4)cc3)c(C(N)=O)s1)C2. The first-order valence-electron chi connectivity index (χ1n) is 10.8. The van der Waals surface area contributed by atoms with Crippen LogP contribution < -0.4 is 15.4 Å². The van der Waals surface area contributed by atoms with Gasteiger partial charge in [-0.3, -0.25) is 9.59 Å². The summed E-state index contributed by atoms with van der Waals surface area (Å²) in [6.07, 6.45) is 3.37. The van der Waals surface area contributed by atoms with Gasteiger partial charge in [-0.2, -0.15) is 0 Å². The van der Waals surface area contributed by atoms with E-state index in [1.54, 1.807) is 12.2 Å². The van der Waals surface area contributed by atoms with E-state index in [4.69, 9.17) is 15.5 Å². The van der Waals surface area contributed by atoms with Gasteiger partial charge in [0.1, 0.15) is 16.4 Å². The molecular formula is C25H24N4O3S. The van der Waals surface area contributed by atoms with Crippen molar-refractivity contribution in [3.8, 4) is 22.8 Å². The fourth-order valence-corrected chi connectivity index (χ4v) is 5.32. The van der Waals surface area contributed by atoms with Crippen LogP contribution in [0.15, 0.2) is 66.7 Å².